The maximum absolute atomic E-state index is 13.0. The fourth-order valence-corrected chi connectivity index (χ4v) is 4.97. The molecule has 0 spiro atoms. The SMILES string of the molecule is Cc1noc(C)c1CSc1nc2scc(-c3ccccc3)c2c(=O)n1C. The number of nitrogens with zero attached hydrogens (tertiary/aromatic N) is 3. The highest BCUT2D eigenvalue weighted by Gasteiger charge is 2.17. The number of thioether (sulfide) groups is 1. The molecule has 4 rings (SSSR count). The Kier molecular flexibility index (Phi) is 4.42. The van der Waals surface area contributed by atoms with Crippen LogP contribution in [0, 0.1) is 13.8 Å². The van der Waals surface area contributed by atoms with E-state index in [1.54, 1.807) is 11.6 Å². The molecule has 0 fully saturated rings. The molecule has 0 N–H and O–H groups in total. The molecule has 1 aromatic carbocycles. The standard InChI is InChI=1S/C19H17N3O2S2/c1-11-14(12(2)24-21-11)9-26-19-20-17-16(18(23)22(19)3)15(10-25-17)13-7-5-4-6-8-13/h4-8,10H,9H2,1-3H3. The van der Waals surface area contributed by atoms with E-state index in [-0.39, 0.29) is 5.56 Å². The van der Waals surface area contributed by atoms with Gasteiger partial charge < -0.3 is 4.52 Å². The molecular formula is C19H17N3O2S2. The number of benzene rings is 1. The van der Waals surface area contributed by atoms with Crippen LogP contribution < -0.4 is 5.56 Å². The topological polar surface area (TPSA) is 60.9 Å². The van der Waals surface area contributed by atoms with Crippen molar-refractivity contribution in [2.75, 3.05) is 0 Å². The average molecular weight is 383 g/mol. The van der Waals surface area contributed by atoms with Gasteiger partial charge in [0, 0.05) is 29.3 Å². The van der Waals surface area contributed by atoms with E-state index in [1.807, 2.05) is 49.6 Å². The second-order valence-corrected chi connectivity index (χ2v) is 7.85. The fraction of sp³-hybridized carbons (Fsp3) is 0.211. The van der Waals surface area contributed by atoms with Crippen molar-refractivity contribution in [2.24, 2.45) is 7.05 Å². The molecule has 0 bridgehead atoms. The van der Waals surface area contributed by atoms with Crippen molar-refractivity contribution in [2.45, 2.75) is 24.8 Å². The Morgan fingerprint density at radius 1 is 1.23 bits per heavy atom. The first kappa shape index (κ1) is 17.1. The first-order chi connectivity index (χ1) is 12.6. The molecule has 0 aliphatic heterocycles. The minimum absolute atomic E-state index is 0.0173. The van der Waals surface area contributed by atoms with Gasteiger partial charge in [-0.05, 0) is 19.4 Å². The van der Waals surface area contributed by atoms with E-state index in [4.69, 9.17) is 9.51 Å². The lowest BCUT2D eigenvalue weighted by Crippen LogP contribution is -2.19. The quantitative estimate of drug-likeness (QED) is 0.382. The van der Waals surface area contributed by atoms with E-state index in [0.717, 1.165) is 33.0 Å². The third-order valence-corrected chi connectivity index (χ3v) is 6.31. The first-order valence-electron chi connectivity index (χ1n) is 8.14. The molecule has 5 nitrogen and oxygen atoms in total. The van der Waals surface area contributed by atoms with Crippen LogP contribution in [0.2, 0.25) is 0 Å². The molecule has 132 valence electrons. The summed E-state index contributed by atoms with van der Waals surface area (Å²) in [7, 11) is 1.77. The van der Waals surface area contributed by atoms with Crippen molar-refractivity contribution in [1.82, 2.24) is 14.7 Å². The number of fused-ring (bicyclic) bond motifs is 1. The van der Waals surface area contributed by atoms with E-state index < -0.39 is 0 Å². The summed E-state index contributed by atoms with van der Waals surface area (Å²) in [5, 5.41) is 7.37. The van der Waals surface area contributed by atoms with Gasteiger partial charge in [0.25, 0.3) is 5.56 Å². The second-order valence-electron chi connectivity index (χ2n) is 6.05. The summed E-state index contributed by atoms with van der Waals surface area (Å²) in [5.41, 5.74) is 3.90. The smallest absolute Gasteiger partial charge is 0.263 e. The highest BCUT2D eigenvalue weighted by Crippen LogP contribution is 2.32. The lowest BCUT2D eigenvalue weighted by Gasteiger charge is -2.08. The molecule has 0 aliphatic carbocycles. The minimum atomic E-state index is -0.0173. The monoisotopic (exact) mass is 383 g/mol. The third-order valence-electron chi connectivity index (χ3n) is 4.39. The Morgan fingerprint density at radius 3 is 2.69 bits per heavy atom. The predicted molar refractivity (Wildman–Crippen MR) is 106 cm³/mol. The van der Waals surface area contributed by atoms with Gasteiger partial charge in [0.2, 0.25) is 0 Å². The van der Waals surface area contributed by atoms with Gasteiger partial charge in [-0.25, -0.2) is 4.98 Å². The van der Waals surface area contributed by atoms with Crippen LogP contribution in [0.3, 0.4) is 0 Å². The highest BCUT2D eigenvalue weighted by molar-refractivity contribution is 7.98. The number of thiophene rings is 1. The van der Waals surface area contributed by atoms with Crippen LogP contribution >= 0.6 is 23.1 Å². The van der Waals surface area contributed by atoms with E-state index in [1.165, 1.54) is 23.1 Å². The van der Waals surface area contributed by atoms with Crippen LogP contribution in [0.4, 0.5) is 0 Å². The number of hydrogen-bond acceptors (Lipinski definition) is 6. The van der Waals surface area contributed by atoms with Crippen molar-refractivity contribution in [3.8, 4) is 11.1 Å². The van der Waals surface area contributed by atoms with Gasteiger partial charge in [0.05, 0.1) is 11.1 Å². The maximum Gasteiger partial charge on any atom is 0.263 e. The Balaban J connectivity index is 1.75. The number of aryl methyl sites for hydroxylation is 2. The first-order valence-corrected chi connectivity index (χ1v) is 10.0. The molecular weight excluding hydrogens is 366 g/mol. The van der Waals surface area contributed by atoms with Crippen molar-refractivity contribution >= 4 is 33.3 Å². The van der Waals surface area contributed by atoms with Gasteiger partial charge in [0.15, 0.2) is 5.16 Å². The zero-order chi connectivity index (χ0) is 18.3. The Hall–Kier alpha value is -2.38. The lowest BCUT2D eigenvalue weighted by atomic mass is 10.1. The number of aromatic nitrogens is 3. The molecule has 0 unspecified atom stereocenters. The summed E-state index contributed by atoms with van der Waals surface area (Å²) >= 11 is 3.03. The van der Waals surface area contributed by atoms with E-state index in [9.17, 15) is 4.79 Å². The molecule has 0 saturated carbocycles. The van der Waals surface area contributed by atoms with Crippen LogP contribution in [0.15, 0.2) is 50.2 Å². The van der Waals surface area contributed by atoms with Crippen molar-refractivity contribution < 1.29 is 4.52 Å². The van der Waals surface area contributed by atoms with Gasteiger partial charge in [-0.3, -0.25) is 9.36 Å². The van der Waals surface area contributed by atoms with Crippen molar-refractivity contribution in [3.63, 3.8) is 0 Å². The van der Waals surface area contributed by atoms with Crippen LogP contribution in [-0.4, -0.2) is 14.7 Å². The molecule has 3 aromatic heterocycles. The summed E-state index contributed by atoms with van der Waals surface area (Å²) in [5.74, 6) is 1.48. The molecule has 3 heterocycles. The summed E-state index contributed by atoms with van der Waals surface area (Å²) in [6, 6.07) is 9.95. The molecule has 0 radical (unpaired) electrons. The Labute approximate surface area is 158 Å². The molecule has 0 saturated heterocycles. The fourth-order valence-electron chi connectivity index (χ4n) is 2.86. The van der Waals surface area contributed by atoms with Crippen molar-refractivity contribution in [3.05, 3.63) is 63.1 Å². The Morgan fingerprint density at radius 2 is 2.00 bits per heavy atom. The van der Waals surface area contributed by atoms with E-state index in [2.05, 4.69) is 5.16 Å². The summed E-state index contributed by atoms with van der Waals surface area (Å²) in [6.07, 6.45) is 0. The highest BCUT2D eigenvalue weighted by atomic mass is 32.2. The van der Waals surface area contributed by atoms with Gasteiger partial charge in [-0.2, -0.15) is 0 Å². The average Bonchev–Trinajstić information content (AvgIpc) is 3.21. The minimum Gasteiger partial charge on any atom is -0.361 e. The van der Waals surface area contributed by atoms with Gasteiger partial charge in [0.1, 0.15) is 10.6 Å². The van der Waals surface area contributed by atoms with Crippen molar-refractivity contribution in [1.29, 1.82) is 0 Å². The zero-order valence-electron chi connectivity index (χ0n) is 14.6. The predicted octanol–water partition coefficient (Wildman–Crippen LogP) is 4.56. The maximum atomic E-state index is 13.0. The third kappa shape index (κ3) is 2.87. The molecule has 26 heavy (non-hydrogen) atoms. The number of rotatable bonds is 4. The van der Waals surface area contributed by atoms with Crippen LogP contribution in [0.25, 0.3) is 21.3 Å². The second kappa shape index (κ2) is 6.74. The van der Waals surface area contributed by atoms with Gasteiger partial charge in [-0.15, -0.1) is 11.3 Å². The largest absolute Gasteiger partial charge is 0.361 e. The molecule has 7 heteroatoms. The normalized spacial score (nSPS) is 11.3. The lowest BCUT2D eigenvalue weighted by molar-refractivity contribution is 0.392. The number of hydrogen-bond donors (Lipinski definition) is 0. The van der Waals surface area contributed by atoms with Crippen LogP contribution in [0.1, 0.15) is 17.0 Å². The molecule has 4 aromatic rings. The summed E-state index contributed by atoms with van der Waals surface area (Å²) in [4.78, 5) is 18.5. The zero-order valence-corrected chi connectivity index (χ0v) is 16.3. The Bertz CT molecular complexity index is 1120. The summed E-state index contributed by atoms with van der Waals surface area (Å²) < 4.78 is 6.84. The van der Waals surface area contributed by atoms with Crippen LogP contribution in [0.5, 0.6) is 0 Å². The van der Waals surface area contributed by atoms with Gasteiger partial charge in [-0.1, -0.05) is 47.3 Å². The van der Waals surface area contributed by atoms with Gasteiger partial charge >= 0.3 is 0 Å². The van der Waals surface area contributed by atoms with Crippen LogP contribution in [-0.2, 0) is 12.8 Å². The van der Waals surface area contributed by atoms with E-state index in [0.29, 0.717) is 16.3 Å². The van der Waals surface area contributed by atoms with E-state index >= 15 is 0 Å². The molecule has 0 aliphatic rings. The summed E-state index contributed by atoms with van der Waals surface area (Å²) in [6.45, 7) is 3.82. The molecule has 0 atom stereocenters. The molecule has 0 amide bonds.